The molecule has 1 heterocycles. The van der Waals surface area contributed by atoms with E-state index in [1.54, 1.807) is 6.07 Å². The molecule has 0 saturated carbocycles. The fraction of sp³-hybridized carbons (Fsp3) is 0. The van der Waals surface area contributed by atoms with E-state index >= 15 is 0 Å². The second-order valence-electron chi connectivity index (χ2n) is 3.76. The largest absolute Gasteiger partial charge is 0.324 e. The highest BCUT2D eigenvalue weighted by Crippen LogP contribution is 2.20. The van der Waals surface area contributed by atoms with E-state index in [2.05, 4.69) is 10.6 Å². The average molecular weight is 331 g/mol. The van der Waals surface area contributed by atoms with Crippen molar-refractivity contribution in [2.75, 3.05) is 5.32 Å². The van der Waals surface area contributed by atoms with Crippen LogP contribution in [0.25, 0.3) is 5.69 Å². The van der Waals surface area contributed by atoms with Crippen LogP contribution >= 0.6 is 34.8 Å². The van der Waals surface area contributed by atoms with Crippen LogP contribution in [-0.4, -0.2) is 10.6 Å². The molecule has 0 radical (unpaired) electrons. The number of urea groups is 1. The molecule has 0 aliphatic heterocycles. The van der Waals surface area contributed by atoms with Crippen molar-refractivity contribution >= 4 is 46.5 Å². The van der Waals surface area contributed by atoms with Gasteiger partial charge in [-0.05, 0) is 24.3 Å². The molecule has 1 aromatic heterocycles. The molecule has 0 unspecified atom stereocenters. The number of aromatic nitrogens is 1. The molecule has 0 fully saturated rings. The first-order valence-corrected chi connectivity index (χ1v) is 6.72. The molecule has 2 aromatic rings. The van der Waals surface area contributed by atoms with Gasteiger partial charge in [0.15, 0.2) is 0 Å². The number of carbonyl (C=O) groups is 1. The van der Waals surface area contributed by atoms with Gasteiger partial charge in [-0.1, -0.05) is 46.9 Å². The fourth-order valence-corrected chi connectivity index (χ4v) is 1.78. The maximum atomic E-state index is 11.8. The first-order valence-electron chi connectivity index (χ1n) is 5.59. The Labute approximate surface area is 130 Å². The second kappa shape index (κ2) is 6.70. The van der Waals surface area contributed by atoms with Crippen LogP contribution in [0.15, 0.2) is 58.4 Å². The lowest BCUT2D eigenvalue weighted by molar-refractivity contribution is 0.255. The number of nitrogens with one attached hydrogen (secondary N) is 2. The van der Waals surface area contributed by atoms with Gasteiger partial charge in [-0.25, -0.2) is 4.79 Å². The third kappa shape index (κ3) is 3.70. The van der Waals surface area contributed by atoms with Gasteiger partial charge in [0.25, 0.3) is 0 Å². The monoisotopic (exact) mass is 329 g/mol. The predicted molar refractivity (Wildman–Crippen MR) is 82.5 cm³/mol. The molecule has 1 aromatic carbocycles. The highest BCUT2D eigenvalue weighted by Gasteiger charge is 2.09. The summed E-state index contributed by atoms with van der Waals surface area (Å²) in [5, 5.41) is 4.87. The Morgan fingerprint density at radius 1 is 1.00 bits per heavy atom. The number of amides is 2. The molecule has 104 valence electrons. The van der Waals surface area contributed by atoms with Crippen molar-refractivity contribution in [3.63, 3.8) is 0 Å². The molecule has 0 saturated heterocycles. The summed E-state index contributed by atoms with van der Waals surface area (Å²) in [4.78, 5) is 11.8. The molecule has 0 aliphatic rings. The maximum Gasteiger partial charge on any atom is 0.324 e. The minimum atomic E-state index is -0.534. The SMILES string of the molecule is O=C(NC(Cl)=C(Cl)Cl)Nc1ccccc1-n1cccc1. The molecule has 0 aliphatic carbocycles. The highest BCUT2D eigenvalue weighted by atomic mass is 35.5. The Morgan fingerprint density at radius 2 is 1.65 bits per heavy atom. The van der Waals surface area contributed by atoms with Crippen molar-refractivity contribution in [1.82, 2.24) is 9.88 Å². The van der Waals surface area contributed by atoms with Crippen molar-refractivity contribution < 1.29 is 4.79 Å². The van der Waals surface area contributed by atoms with Gasteiger partial charge in [-0.3, -0.25) is 5.32 Å². The lowest BCUT2D eigenvalue weighted by atomic mass is 10.2. The zero-order valence-corrected chi connectivity index (χ0v) is 12.4. The molecular formula is C13H10Cl3N3O. The topological polar surface area (TPSA) is 46.1 Å². The number of rotatable bonds is 3. The van der Waals surface area contributed by atoms with Crippen LogP contribution in [0.4, 0.5) is 10.5 Å². The standard InChI is InChI=1S/C13H10Cl3N3O/c14-11(15)12(16)18-13(20)17-9-5-1-2-6-10(9)19-7-3-4-8-19/h1-8H,(H2,17,18,20). The Hall–Kier alpha value is -1.62. The van der Waals surface area contributed by atoms with E-state index in [4.69, 9.17) is 34.8 Å². The smallest absolute Gasteiger partial charge is 0.322 e. The zero-order chi connectivity index (χ0) is 14.5. The number of halogens is 3. The van der Waals surface area contributed by atoms with Gasteiger partial charge in [0.1, 0.15) is 9.65 Å². The highest BCUT2D eigenvalue weighted by molar-refractivity contribution is 6.59. The van der Waals surface area contributed by atoms with E-state index in [0.717, 1.165) is 5.69 Å². The van der Waals surface area contributed by atoms with Gasteiger partial charge < -0.3 is 9.88 Å². The summed E-state index contributed by atoms with van der Waals surface area (Å²) in [5.41, 5.74) is 1.45. The third-order valence-corrected chi connectivity index (χ3v) is 3.28. The number of nitrogens with zero attached hydrogens (tertiary/aromatic N) is 1. The zero-order valence-electron chi connectivity index (χ0n) is 10.1. The fourth-order valence-electron chi connectivity index (χ4n) is 1.60. The molecule has 4 nitrogen and oxygen atoms in total. The number of benzene rings is 1. The second-order valence-corrected chi connectivity index (χ2v) is 5.09. The van der Waals surface area contributed by atoms with E-state index in [1.807, 2.05) is 47.3 Å². The van der Waals surface area contributed by atoms with Gasteiger partial charge in [0.05, 0.1) is 11.4 Å². The van der Waals surface area contributed by atoms with Crippen molar-refractivity contribution in [3.8, 4) is 5.69 Å². The molecule has 2 amide bonds. The maximum absolute atomic E-state index is 11.8. The van der Waals surface area contributed by atoms with Gasteiger partial charge in [-0.2, -0.15) is 0 Å². The Balaban J connectivity index is 2.18. The number of anilines is 1. The summed E-state index contributed by atoms with van der Waals surface area (Å²) in [5.74, 6) is 0. The summed E-state index contributed by atoms with van der Waals surface area (Å²) in [6, 6.07) is 10.6. The van der Waals surface area contributed by atoms with Crippen LogP contribution in [0.5, 0.6) is 0 Å². The summed E-state index contributed by atoms with van der Waals surface area (Å²) < 4.78 is 1.67. The number of para-hydroxylation sites is 2. The van der Waals surface area contributed by atoms with Crippen molar-refractivity contribution in [3.05, 3.63) is 58.4 Å². The van der Waals surface area contributed by atoms with E-state index < -0.39 is 6.03 Å². The van der Waals surface area contributed by atoms with Crippen LogP contribution in [0.3, 0.4) is 0 Å². The minimum Gasteiger partial charge on any atom is -0.322 e. The molecule has 2 N–H and O–H groups in total. The van der Waals surface area contributed by atoms with E-state index in [0.29, 0.717) is 5.69 Å². The number of hydrogen-bond acceptors (Lipinski definition) is 1. The van der Waals surface area contributed by atoms with E-state index in [9.17, 15) is 4.79 Å². The van der Waals surface area contributed by atoms with Gasteiger partial charge >= 0.3 is 6.03 Å². The lowest BCUT2D eigenvalue weighted by Crippen LogP contribution is -2.27. The van der Waals surface area contributed by atoms with Gasteiger partial charge in [0, 0.05) is 12.4 Å². The number of hydrogen-bond donors (Lipinski definition) is 2. The third-order valence-electron chi connectivity index (χ3n) is 2.42. The van der Waals surface area contributed by atoms with Crippen molar-refractivity contribution in [2.24, 2.45) is 0 Å². The predicted octanol–water partition coefficient (Wildman–Crippen LogP) is 4.44. The Bertz CT molecular complexity index is 634. The molecule has 20 heavy (non-hydrogen) atoms. The molecule has 0 spiro atoms. The Morgan fingerprint density at radius 3 is 2.30 bits per heavy atom. The summed E-state index contributed by atoms with van der Waals surface area (Å²) in [7, 11) is 0. The first kappa shape index (κ1) is 14.8. The van der Waals surface area contributed by atoms with Gasteiger partial charge in [-0.15, -0.1) is 0 Å². The number of carbonyl (C=O) groups excluding carboxylic acids is 1. The Kier molecular flexibility index (Phi) is 4.95. The van der Waals surface area contributed by atoms with Gasteiger partial charge in [0.2, 0.25) is 0 Å². The first-order chi connectivity index (χ1) is 9.58. The van der Waals surface area contributed by atoms with Crippen LogP contribution in [0.2, 0.25) is 0 Å². The van der Waals surface area contributed by atoms with Crippen molar-refractivity contribution in [1.29, 1.82) is 0 Å². The van der Waals surface area contributed by atoms with Crippen LogP contribution in [0, 0.1) is 0 Å². The van der Waals surface area contributed by atoms with Crippen LogP contribution < -0.4 is 10.6 Å². The van der Waals surface area contributed by atoms with Crippen LogP contribution in [0.1, 0.15) is 0 Å². The molecule has 2 rings (SSSR count). The summed E-state index contributed by atoms with van der Waals surface area (Å²) >= 11 is 16.6. The van der Waals surface area contributed by atoms with E-state index in [-0.39, 0.29) is 9.65 Å². The van der Waals surface area contributed by atoms with Crippen molar-refractivity contribution in [2.45, 2.75) is 0 Å². The molecule has 0 atom stereocenters. The normalized spacial score (nSPS) is 9.95. The summed E-state index contributed by atoms with van der Waals surface area (Å²) in [6.07, 6.45) is 3.75. The van der Waals surface area contributed by atoms with E-state index in [1.165, 1.54) is 0 Å². The molecule has 0 bridgehead atoms. The minimum absolute atomic E-state index is 0.135. The van der Waals surface area contributed by atoms with Crippen LogP contribution in [-0.2, 0) is 0 Å². The lowest BCUT2D eigenvalue weighted by Gasteiger charge is -2.12. The quantitative estimate of drug-likeness (QED) is 0.803. The molecular weight excluding hydrogens is 321 g/mol. The average Bonchev–Trinajstić information content (AvgIpc) is 2.92. The molecule has 7 heteroatoms. The summed E-state index contributed by atoms with van der Waals surface area (Å²) in [6.45, 7) is 0.